The number of methoxy groups -OCH3 is 1. The summed E-state index contributed by atoms with van der Waals surface area (Å²) in [6.45, 7) is 5.97. The molecule has 1 aromatic carbocycles. The Morgan fingerprint density at radius 1 is 1.33 bits per heavy atom. The minimum atomic E-state index is -0.815. The first-order valence-corrected chi connectivity index (χ1v) is 13.2. The van der Waals surface area contributed by atoms with Crippen LogP contribution >= 0.6 is 11.3 Å². The van der Waals surface area contributed by atoms with E-state index in [2.05, 4.69) is 38.5 Å². The van der Waals surface area contributed by atoms with Gasteiger partial charge in [-0.05, 0) is 30.9 Å². The summed E-state index contributed by atoms with van der Waals surface area (Å²) in [7, 11) is 1.57. The number of hydrogen-bond acceptors (Lipinski definition) is 9. The number of nitrogens with zero attached hydrogens (tertiary/aromatic N) is 7. The first kappa shape index (κ1) is 25.1. The highest BCUT2D eigenvalue weighted by Gasteiger charge is 2.37. The van der Waals surface area contributed by atoms with Gasteiger partial charge in [-0.2, -0.15) is 5.10 Å². The van der Waals surface area contributed by atoms with Crippen molar-refractivity contribution in [3.8, 4) is 11.8 Å². The molecule has 1 amide bonds. The molecule has 1 unspecified atom stereocenters. The number of nitrogen functional groups attached to an aromatic ring is 1. The number of likely N-dealkylation sites (tertiary alicyclic amines) is 1. The number of ether oxygens (including phenoxy) is 1. The predicted molar refractivity (Wildman–Crippen MR) is 143 cm³/mol. The minimum Gasteiger partial charge on any atom is -0.383 e. The van der Waals surface area contributed by atoms with Gasteiger partial charge in [0.2, 0.25) is 5.91 Å². The number of hydrogen-bond donors (Lipinski definition) is 1. The molecule has 0 bridgehead atoms. The summed E-state index contributed by atoms with van der Waals surface area (Å²) in [5.41, 5.74) is 6.45. The van der Waals surface area contributed by atoms with Gasteiger partial charge >= 0.3 is 0 Å². The maximum Gasteiger partial charge on any atom is 0.246 e. The molecule has 5 heterocycles. The Morgan fingerprint density at radius 3 is 2.87 bits per heavy atom. The lowest BCUT2D eigenvalue weighted by molar-refractivity contribution is -0.127. The molecule has 2 N–H and O–H groups in total. The van der Waals surface area contributed by atoms with Crippen LogP contribution in [0.2, 0.25) is 0 Å². The lowest BCUT2D eigenvalue weighted by atomic mass is 10.1. The van der Waals surface area contributed by atoms with E-state index in [4.69, 9.17) is 10.5 Å². The van der Waals surface area contributed by atoms with Crippen molar-refractivity contribution in [1.29, 1.82) is 0 Å². The largest absolute Gasteiger partial charge is 0.383 e. The highest BCUT2D eigenvalue weighted by molar-refractivity contribution is 7.22. The number of aromatic nitrogens is 5. The summed E-state index contributed by atoms with van der Waals surface area (Å²) in [5, 5.41) is 5.66. The Bertz CT molecular complexity index is 1690. The molecule has 3 aromatic heterocycles. The van der Waals surface area contributed by atoms with Crippen molar-refractivity contribution < 1.29 is 18.3 Å². The molecule has 0 saturated carbocycles. The summed E-state index contributed by atoms with van der Waals surface area (Å²) >= 11 is 1.26. The van der Waals surface area contributed by atoms with Crippen molar-refractivity contribution in [1.82, 2.24) is 29.6 Å². The molecule has 2 atom stereocenters. The summed E-state index contributed by atoms with van der Waals surface area (Å²) in [4.78, 5) is 29.0. The second-order valence-electron chi connectivity index (χ2n) is 9.43. The van der Waals surface area contributed by atoms with Gasteiger partial charge < -0.3 is 20.3 Å². The van der Waals surface area contributed by atoms with Crippen LogP contribution < -0.4 is 10.6 Å². The van der Waals surface area contributed by atoms with Gasteiger partial charge in [0.05, 0.1) is 34.3 Å². The molecule has 2 aliphatic heterocycles. The molecule has 2 saturated heterocycles. The van der Waals surface area contributed by atoms with Gasteiger partial charge in [0.25, 0.3) is 0 Å². The first-order valence-electron chi connectivity index (χ1n) is 12.4. The van der Waals surface area contributed by atoms with Gasteiger partial charge in [0.15, 0.2) is 16.6 Å². The summed E-state index contributed by atoms with van der Waals surface area (Å²) in [5.74, 6) is 3.72. The number of thiazole rings is 1. The van der Waals surface area contributed by atoms with Gasteiger partial charge in [0.1, 0.15) is 29.2 Å². The van der Waals surface area contributed by atoms with Crippen LogP contribution in [0, 0.1) is 23.5 Å². The third kappa shape index (κ3) is 4.25. The van der Waals surface area contributed by atoms with Crippen LogP contribution in [0.25, 0.3) is 21.3 Å². The second kappa shape index (κ2) is 9.87. The zero-order valence-corrected chi connectivity index (χ0v) is 21.8. The Labute approximate surface area is 226 Å². The van der Waals surface area contributed by atoms with Crippen LogP contribution in [0.3, 0.4) is 0 Å². The topological polar surface area (TPSA) is 115 Å². The number of anilines is 2. The standard InChI is InChI=1S/C26H24F2N8O2S/c1-3-20(37)35-11-14(9-15(35)12-38-2)36-25-21(24(29)30-13-31-25)18(33-36)6-5-16-17(27)10-19-23(22(16)28)32-26(39-19)34-7-4-8-34/h3,10,13-15H,1,4,7-9,11-12H2,2H3,(H2,29,30,31)/t14?,15-/m1/s1. The van der Waals surface area contributed by atoms with E-state index in [0.717, 1.165) is 19.5 Å². The number of amides is 1. The molecule has 39 heavy (non-hydrogen) atoms. The number of carbonyl (C=O) groups is 1. The molecule has 0 aliphatic carbocycles. The van der Waals surface area contributed by atoms with Crippen LogP contribution in [-0.2, 0) is 9.53 Å². The van der Waals surface area contributed by atoms with Crippen LogP contribution in [0.1, 0.15) is 30.1 Å². The van der Waals surface area contributed by atoms with Crippen molar-refractivity contribution in [3.05, 3.63) is 47.9 Å². The Kier molecular flexibility index (Phi) is 6.36. The fraction of sp³-hybridized carbons (Fsp3) is 0.346. The fourth-order valence-electron chi connectivity index (χ4n) is 5.01. The molecule has 6 rings (SSSR count). The molecule has 0 spiro atoms. The summed E-state index contributed by atoms with van der Waals surface area (Å²) in [6, 6.07) is 0.811. The van der Waals surface area contributed by atoms with Gasteiger partial charge in [-0.1, -0.05) is 23.8 Å². The van der Waals surface area contributed by atoms with E-state index in [-0.39, 0.29) is 35.0 Å². The zero-order valence-electron chi connectivity index (χ0n) is 21.0. The molecule has 200 valence electrons. The molecular weight excluding hydrogens is 526 g/mol. The number of rotatable bonds is 5. The SMILES string of the molecule is C=CC(=O)N1CC(n2nc(C#Cc3c(F)cc4sc(N5CCC5)nc4c3F)c3c(N)ncnc32)C[C@@H]1COC. The normalized spacial score (nSPS) is 18.8. The van der Waals surface area contributed by atoms with E-state index in [0.29, 0.717) is 40.4 Å². The molecule has 13 heteroatoms. The molecule has 4 aromatic rings. The van der Waals surface area contributed by atoms with Crippen molar-refractivity contribution in [2.45, 2.75) is 24.9 Å². The smallest absolute Gasteiger partial charge is 0.246 e. The predicted octanol–water partition coefficient (Wildman–Crippen LogP) is 2.88. The third-order valence-electron chi connectivity index (χ3n) is 7.07. The van der Waals surface area contributed by atoms with Crippen LogP contribution in [0.4, 0.5) is 19.7 Å². The lowest BCUT2D eigenvalue weighted by Crippen LogP contribution is -2.37. The van der Waals surface area contributed by atoms with Gasteiger partial charge in [-0.25, -0.2) is 28.4 Å². The molecule has 10 nitrogen and oxygen atoms in total. The third-order valence-corrected chi connectivity index (χ3v) is 8.13. The monoisotopic (exact) mass is 550 g/mol. The van der Waals surface area contributed by atoms with E-state index < -0.39 is 17.2 Å². The van der Waals surface area contributed by atoms with Crippen molar-refractivity contribution in [2.24, 2.45) is 0 Å². The fourth-order valence-corrected chi connectivity index (χ4v) is 6.05. The van der Waals surface area contributed by atoms with Crippen molar-refractivity contribution in [3.63, 3.8) is 0 Å². The van der Waals surface area contributed by atoms with Gasteiger partial charge in [-0.3, -0.25) is 4.79 Å². The molecule has 0 radical (unpaired) electrons. The Morgan fingerprint density at radius 2 is 2.15 bits per heavy atom. The summed E-state index contributed by atoms with van der Waals surface area (Å²) < 4.78 is 37.8. The second-order valence-corrected chi connectivity index (χ2v) is 10.4. The average Bonchev–Trinajstić information content (AvgIpc) is 3.59. The number of nitrogens with two attached hydrogens (primary N) is 1. The average molecular weight is 551 g/mol. The maximum atomic E-state index is 15.4. The van der Waals surface area contributed by atoms with E-state index in [1.165, 1.54) is 29.8 Å². The van der Waals surface area contributed by atoms with E-state index in [1.807, 2.05) is 4.90 Å². The molecular formula is C26H24F2N8O2S. The Balaban J connectivity index is 1.40. The van der Waals surface area contributed by atoms with E-state index in [1.54, 1.807) is 16.7 Å². The lowest BCUT2D eigenvalue weighted by Gasteiger charge is -2.30. The first-order chi connectivity index (χ1) is 18.9. The summed E-state index contributed by atoms with van der Waals surface area (Å²) in [6.07, 6.45) is 4.17. The van der Waals surface area contributed by atoms with Crippen molar-refractivity contribution >= 4 is 49.4 Å². The van der Waals surface area contributed by atoms with Crippen LogP contribution in [-0.4, -0.2) is 74.9 Å². The van der Waals surface area contributed by atoms with Crippen LogP contribution in [0.15, 0.2) is 25.0 Å². The highest BCUT2D eigenvalue weighted by Crippen LogP contribution is 2.35. The van der Waals surface area contributed by atoms with Crippen LogP contribution in [0.5, 0.6) is 0 Å². The van der Waals surface area contributed by atoms with E-state index in [9.17, 15) is 9.18 Å². The number of fused-ring (bicyclic) bond motifs is 2. The maximum absolute atomic E-state index is 15.4. The highest BCUT2D eigenvalue weighted by atomic mass is 32.1. The minimum absolute atomic E-state index is 0.0907. The quantitative estimate of drug-likeness (QED) is 0.298. The number of carbonyl (C=O) groups excluding carboxylic acids is 1. The Hall–Kier alpha value is -4.15. The van der Waals surface area contributed by atoms with Gasteiger partial charge in [0, 0.05) is 26.7 Å². The van der Waals surface area contributed by atoms with Crippen molar-refractivity contribution in [2.75, 3.05) is 44.0 Å². The number of halogens is 2. The molecule has 2 aliphatic rings. The molecule has 2 fully saturated rings. The zero-order chi connectivity index (χ0) is 27.3. The number of benzene rings is 1. The van der Waals surface area contributed by atoms with E-state index >= 15 is 4.39 Å². The van der Waals surface area contributed by atoms with Gasteiger partial charge in [-0.15, -0.1) is 0 Å².